The van der Waals surface area contributed by atoms with E-state index in [4.69, 9.17) is 5.73 Å². The van der Waals surface area contributed by atoms with Crippen LogP contribution < -0.4 is 16.4 Å². The van der Waals surface area contributed by atoms with Gasteiger partial charge in [0.1, 0.15) is 0 Å². The SMILES string of the molecule is CCCC(CC)N[C@@H]1C=C(C(=O)O)C[C@H](N)[C@H]1NC(C)=O. The maximum absolute atomic E-state index is 11.4. The number of hydrogen-bond donors (Lipinski definition) is 4. The molecule has 1 unspecified atom stereocenters. The highest BCUT2D eigenvalue weighted by molar-refractivity contribution is 5.87. The molecule has 0 bridgehead atoms. The fourth-order valence-corrected chi connectivity index (χ4v) is 2.80. The summed E-state index contributed by atoms with van der Waals surface area (Å²) in [6, 6.07) is -0.647. The molecule has 6 heteroatoms. The molecule has 0 radical (unpaired) electrons. The van der Waals surface area contributed by atoms with Gasteiger partial charge in [-0.2, -0.15) is 0 Å². The summed E-state index contributed by atoms with van der Waals surface area (Å²) in [5.74, 6) is -1.10. The van der Waals surface area contributed by atoms with Gasteiger partial charge in [0.2, 0.25) is 5.91 Å². The third-order valence-electron chi connectivity index (χ3n) is 3.89. The van der Waals surface area contributed by atoms with Crippen molar-refractivity contribution in [2.24, 2.45) is 5.73 Å². The van der Waals surface area contributed by atoms with Crippen LogP contribution in [0.2, 0.25) is 0 Å². The van der Waals surface area contributed by atoms with Crippen molar-refractivity contribution in [2.75, 3.05) is 0 Å². The average Bonchev–Trinajstić information content (AvgIpc) is 2.41. The topological polar surface area (TPSA) is 104 Å². The molecular formula is C15H27N3O3. The second kappa shape index (κ2) is 8.14. The van der Waals surface area contributed by atoms with Crippen molar-refractivity contribution in [1.82, 2.24) is 10.6 Å². The summed E-state index contributed by atoms with van der Waals surface area (Å²) in [6.45, 7) is 5.65. The Labute approximate surface area is 126 Å². The van der Waals surface area contributed by atoms with E-state index in [2.05, 4.69) is 24.5 Å². The monoisotopic (exact) mass is 297 g/mol. The number of carbonyl (C=O) groups excluding carboxylic acids is 1. The Kier molecular flexibility index (Phi) is 6.84. The summed E-state index contributed by atoms with van der Waals surface area (Å²) in [4.78, 5) is 22.6. The first kappa shape index (κ1) is 17.7. The summed E-state index contributed by atoms with van der Waals surface area (Å²) >= 11 is 0. The van der Waals surface area contributed by atoms with Crippen molar-refractivity contribution in [3.05, 3.63) is 11.6 Å². The largest absolute Gasteiger partial charge is 0.478 e. The lowest BCUT2D eigenvalue weighted by molar-refractivity contribution is -0.133. The van der Waals surface area contributed by atoms with E-state index in [1.54, 1.807) is 6.08 Å². The lowest BCUT2D eigenvalue weighted by Crippen LogP contribution is -2.61. The third kappa shape index (κ3) is 5.13. The molecule has 1 aliphatic rings. The Hall–Kier alpha value is -1.40. The Morgan fingerprint density at radius 2 is 2.14 bits per heavy atom. The molecule has 6 nitrogen and oxygen atoms in total. The molecule has 0 saturated carbocycles. The van der Waals surface area contributed by atoms with Crippen LogP contribution in [0.15, 0.2) is 11.6 Å². The molecule has 1 amide bonds. The Morgan fingerprint density at radius 3 is 2.62 bits per heavy atom. The van der Waals surface area contributed by atoms with E-state index in [-0.39, 0.29) is 30.5 Å². The van der Waals surface area contributed by atoms with Crippen LogP contribution in [0.1, 0.15) is 46.5 Å². The average molecular weight is 297 g/mol. The van der Waals surface area contributed by atoms with Gasteiger partial charge >= 0.3 is 5.97 Å². The quantitative estimate of drug-likeness (QED) is 0.555. The second-order valence-corrected chi connectivity index (χ2v) is 5.68. The molecule has 0 saturated heterocycles. The Morgan fingerprint density at radius 1 is 1.48 bits per heavy atom. The fourth-order valence-electron chi connectivity index (χ4n) is 2.80. The van der Waals surface area contributed by atoms with E-state index >= 15 is 0 Å². The van der Waals surface area contributed by atoms with Gasteiger partial charge in [-0.25, -0.2) is 4.79 Å². The lowest BCUT2D eigenvalue weighted by atomic mass is 9.86. The molecule has 5 N–H and O–H groups in total. The van der Waals surface area contributed by atoms with Gasteiger partial charge in [0.15, 0.2) is 0 Å². The van der Waals surface area contributed by atoms with E-state index in [0.29, 0.717) is 5.57 Å². The molecule has 1 aliphatic carbocycles. The molecule has 0 heterocycles. The van der Waals surface area contributed by atoms with Crippen LogP contribution in [-0.2, 0) is 9.59 Å². The highest BCUT2D eigenvalue weighted by atomic mass is 16.4. The van der Waals surface area contributed by atoms with Crippen molar-refractivity contribution in [2.45, 2.75) is 70.6 Å². The van der Waals surface area contributed by atoms with Crippen molar-refractivity contribution < 1.29 is 14.7 Å². The zero-order valence-corrected chi connectivity index (χ0v) is 13.1. The predicted molar refractivity (Wildman–Crippen MR) is 81.8 cm³/mol. The highest BCUT2D eigenvalue weighted by Gasteiger charge is 2.34. The maximum atomic E-state index is 11.4. The summed E-state index contributed by atoms with van der Waals surface area (Å²) < 4.78 is 0. The van der Waals surface area contributed by atoms with E-state index in [0.717, 1.165) is 19.3 Å². The number of aliphatic carboxylic acids is 1. The number of carbonyl (C=O) groups is 2. The fraction of sp³-hybridized carbons (Fsp3) is 0.733. The van der Waals surface area contributed by atoms with Crippen LogP contribution in [0.3, 0.4) is 0 Å². The minimum absolute atomic E-state index is 0.155. The van der Waals surface area contributed by atoms with Crippen molar-refractivity contribution >= 4 is 11.9 Å². The van der Waals surface area contributed by atoms with Gasteiger partial charge in [0, 0.05) is 30.6 Å². The molecule has 120 valence electrons. The molecule has 4 atom stereocenters. The van der Waals surface area contributed by atoms with Crippen molar-refractivity contribution in [3.8, 4) is 0 Å². The van der Waals surface area contributed by atoms with Gasteiger partial charge in [-0.1, -0.05) is 26.3 Å². The zero-order chi connectivity index (χ0) is 16.0. The number of hydrogen-bond acceptors (Lipinski definition) is 4. The van der Waals surface area contributed by atoms with E-state index in [9.17, 15) is 14.7 Å². The van der Waals surface area contributed by atoms with E-state index in [1.165, 1.54) is 6.92 Å². The van der Waals surface area contributed by atoms with Crippen molar-refractivity contribution in [1.29, 1.82) is 0 Å². The van der Waals surface area contributed by atoms with Crippen LogP contribution >= 0.6 is 0 Å². The Bertz CT molecular complexity index is 409. The first-order valence-electron chi connectivity index (χ1n) is 7.61. The standard InChI is InChI=1S/C15H27N3O3/c1-4-6-11(5-2)18-13-8-10(15(20)21)7-12(16)14(13)17-9(3)19/h8,11-14,18H,4-7,16H2,1-3H3,(H,17,19)(H,20,21)/t11?,12-,13+,14+/m0/s1. The molecule has 21 heavy (non-hydrogen) atoms. The van der Waals surface area contributed by atoms with E-state index in [1.807, 2.05) is 0 Å². The van der Waals surface area contributed by atoms with Crippen LogP contribution in [0.4, 0.5) is 0 Å². The minimum Gasteiger partial charge on any atom is -0.478 e. The van der Waals surface area contributed by atoms with Gasteiger partial charge in [-0.15, -0.1) is 0 Å². The summed E-state index contributed by atoms with van der Waals surface area (Å²) in [5.41, 5.74) is 6.39. The first-order chi connectivity index (χ1) is 9.88. The molecule has 1 rings (SSSR count). The third-order valence-corrected chi connectivity index (χ3v) is 3.89. The molecule has 0 aromatic rings. The van der Waals surface area contributed by atoms with Gasteiger partial charge < -0.3 is 21.5 Å². The van der Waals surface area contributed by atoms with Crippen LogP contribution in [0.5, 0.6) is 0 Å². The molecular weight excluding hydrogens is 270 g/mol. The van der Waals surface area contributed by atoms with Gasteiger partial charge in [-0.3, -0.25) is 4.79 Å². The van der Waals surface area contributed by atoms with Crippen molar-refractivity contribution in [3.63, 3.8) is 0 Å². The Balaban J connectivity index is 2.94. The summed E-state index contributed by atoms with van der Waals surface area (Å²) in [5, 5.41) is 15.5. The van der Waals surface area contributed by atoms with Gasteiger partial charge in [0.25, 0.3) is 0 Å². The summed E-state index contributed by atoms with van der Waals surface area (Å²) in [6.07, 6.45) is 4.96. The van der Waals surface area contributed by atoms with Gasteiger partial charge in [0.05, 0.1) is 6.04 Å². The molecule has 0 fully saturated rings. The summed E-state index contributed by atoms with van der Waals surface area (Å²) in [7, 11) is 0. The number of rotatable bonds is 7. The van der Waals surface area contributed by atoms with Crippen LogP contribution in [-0.4, -0.2) is 41.2 Å². The molecule has 0 aliphatic heterocycles. The number of carboxylic acid groups (broad SMARTS) is 1. The number of nitrogens with one attached hydrogen (secondary N) is 2. The second-order valence-electron chi connectivity index (χ2n) is 5.68. The normalized spacial score (nSPS) is 26.9. The highest BCUT2D eigenvalue weighted by Crippen LogP contribution is 2.20. The smallest absolute Gasteiger partial charge is 0.331 e. The first-order valence-corrected chi connectivity index (χ1v) is 7.61. The predicted octanol–water partition coefficient (Wildman–Crippen LogP) is 0.770. The number of nitrogens with two attached hydrogens (primary N) is 1. The van der Waals surface area contributed by atoms with Gasteiger partial charge in [-0.05, 0) is 19.3 Å². The molecule has 0 aromatic carbocycles. The van der Waals surface area contributed by atoms with Crippen LogP contribution in [0, 0.1) is 0 Å². The number of carboxylic acids is 1. The molecule has 0 aromatic heterocycles. The number of amides is 1. The lowest BCUT2D eigenvalue weighted by Gasteiger charge is -2.37. The molecule has 0 spiro atoms. The zero-order valence-electron chi connectivity index (χ0n) is 13.1. The van der Waals surface area contributed by atoms with E-state index < -0.39 is 12.0 Å². The maximum Gasteiger partial charge on any atom is 0.331 e. The minimum atomic E-state index is -0.943. The van der Waals surface area contributed by atoms with Crippen LogP contribution in [0.25, 0.3) is 0 Å².